The van der Waals surface area contributed by atoms with Gasteiger partial charge in [0.25, 0.3) is 0 Å². The van der Waals surface area contributed by atoms with Crippen LogP contribution < -0.4 is 10.6 Å². The van der Waals surface area contributed by atoms with Gasteiger partial charge in [0.15, 0.2) is 11.5 Å². The van der Waals surface area contributed by atoms with E-state index in [4.69, 9.17) is 0 Å². The Hall–Kier alpha value is -2.71. The highest BCUT2D eigenvalue weighted by Gasteiger charge is 2.09. The molecule has 0 unspecified atom stereocenters. The SMILES string of the molecule is CCNc1nc(NCCn2ccnn2)c2[nH]cnc2n1. The molecule has 20 heavy (non-hydrogen) atoms. The smallest absolute Gasteiger partial charge is 0.226 e. The van der Waals surface area contributed by atoms with E-state index in [1.165, 1.54) is 0 Å². The average molecular weight is 273 g/mol. The van der Waals surface area contributed by atoms with Crippen molar-refractivity contribution in [2.24, 2.45) is 0 Å². The van der Waals surface area contributed by atoms with E-state index < -0.39 is 0 Å². The van der Waals surface area contributed by atoms with Gasteiger partial charge < -0.3 is 15.6 Å². The standard InChI is InChI=1S/C11H15N9/c1-2-12-11-17-9(8-10(18-11)15-7-14-8)13-3-5-20-6-4-16-19-20/h4,6-7H,2-3,5H2,1H3,(H3,12,13,14,15,17,18). The van der Waals surface area contributed by atoms with Gasteiger partial charge in [-0.15, -0.1) is 5.10 Å². The molecule has 0 saturated heterocycles. The van der Waals surface area contributed by atoms with Crippen LogP contribution in [-0.4, -0.2) is 48.0 Å². The van der Waals surface area contributed by atoms with Crippen LogP contribution in [0.1, 0.15) is 6.92 Å². The van der Waals surface area contributed by atoms with Crippen molar-refractivity contribution in [2.75, 3.05) is 23.7 Å². The number of H-pyrrole nitrogens is 1. The Morgan fingerprint density at radius 3 is 3.05 bits per heavy atom. The molecular formula is C11H15N9. The van der Waals surface area contributed by atoms with E-state index in [2.05, 4.69) is 40.9 Å². The third kappa shape index (κ3) is 2.51. The van der Waals surface area contributed by atoms with Gasteiger partial charge in [-0.2, -0.15) is 9.97 Å². The number of fused-ring (bicyclic) bond motifs is 1. The molecule has 3 aromatic heterocycles. The van der Waals surface area contributed by atoms with Gasteiger partial charge in [0.2, 0.25) is 5.95 Å². The lowest BCUT2D eigenvalue weighted by atomic mass is 10.4. The Balaban J connectivity index is 1.76. The van der Waals surface area contributed by atoms with Gasteiger partial charge in [0, 0.05) is 19.3 Å². The molecule has 3 aromatic rings. The number of hydrogen-bond acceptors (Lipinski definition) is 7. The summed E-state index contributed by atoms with van der Waals surface area (Å²) in [5.74, 6) is 1.29. The molecule has 3 heterocycles. The molecular weight excluding hydrogens is 258 g/mol. The van der Waals surface area contributed by atoms with Gasteiger partial charge in [0.05, 0.1) is 19.1 Å². The van der Waals surface area contributed by atoms with Gasteiger partial charge in [-0.1, -0.05) is 5.21 Å². The summed E-state index contributed by atoms with van der Waals surface area (Å²) < 4.78 is 1.75. The minimum absolute atomic E-state index is 0.565. The summed E-state index contributed by atoms with van der Waals surface area (Å²) in [5.41, 5.74) is 1.43. The maximum absolute atomic E-state index is 4.43. The first-order chi connectivity index (χ1) is 9.86. The Morgan fingerprint density at radius 1 is 1.30 bits per heavy atom. The van der Waals surface area contributed by atoms with E-state index >= 15 is 0 Å². The highest BCUT2D eigenvalue weighted by molar-refractivity contribution is 5.83. The predicted molar refractivity (Wildman–Crippen MR) is 74.4 cm³/mol. The van der Waals surface area contributed by atoms with E-state index in [9.17, 15) is 0 Å². The number of aromatic nitrogens is 7. The second-order valence-electron chi connectivity index (χ2n) is 4.12. The molecule has 0 aliphatic heterocycles. The van der Waals surface area contributed by atoms with Crippen molar-refractivity contribution < 1.29 is 0 Å². The fourth-order valence-corrected chi connectivity index (χ4v) is 1.84. The number of aromatic amines is 1. The van der Waals surface area contributed by atoms with Crippen LogP contribution in [0.3, 0.4) is 0 Å². The number of nitrogens with zero attached hydrogens (tertiary/aromatic N) is 6. The summed E-state index contributed by atoms with van der Waals surface area (Å²) >= 11 is 0. The summed E-state index contributed by atoms with van der Waals surface area (Å²) in [6, 6.07) is 0. The molecule has 104 valence electrons. The number of anilines is 2. The Kier molecular flexibility index (Phi) is 3.40. The molecule has 3 N–H and O–H groups in total. The van der Waals surface area contributed by atoms with Crippen LogP contribution in [0.5, 0.6) is 0 Å². The van der Waals surface area contributed by atoms with Crippen molar-refractivity contribution in [2.45, 2.75) is 13.5 Å². The van der Waals surface area contributed by atoms with Gasteiger partial charge in [-0.3, -0.25) is 4.68 Å². The average Bonchev–Trinajstić information content (AvgIpc) is 3.09. The van der Waals surface area contributed by atoms with E-state index in [0.29, 0.717) is 24.7 Å². The Labute approximate surface area is 114 Å². The van der Waals surface area contributed by atoms with E-state index in [1.54, 1.807) is 17.2 Å². The van der Waals surface area contributed by atoms with E-state index in [1.807, 2.05) is 13.1 Å². The van der Waals surface area contributed by atoms with Crippen molar-refractivity contribution in [3.63, 3.8) is 0 Å². The van der Waals surface area contributed by atoms with Gasteiger partial charge in [0.1, 0.15) is 5.52 Å². The maximum atomic E-state index is 4.43. The lowest BCUT2D eigenvalue weighted by Gasteiger charge is -2.08. The molecule has 0 aliphatic rings. The molecule has 3 rings (SSSR count). The van der Waals surface area contributed by atoms with Crippen molar-refractivity contribution in [3.8, 4) is 0 Å². The van der Waals surface area contributed by atoms with Crippen LogP contribution in [0.2, 0.25) is 0 Å². The van der Waals surface area contributed by atoms with Crippen LogP contribution >= 0.6 is 0 Å². The fourth-order valence-electron chi connectivity index (χ4n) is 1.84. The Morgan fingerprint density at radius 2 is 2.25 bits per heavy atom. The number of nitrogens with one attached hydrogen (secondary N) is 3. The zero-order valence-electron chi connectivity index (χ0n) is 11.0. The monoisotopic (exact) mass is 273 g/mol. The minimum atomic E-state index is 0.565. The molecule has 0 aliphatic carbocycles. The van der Waals surface area contributed by atoms with Gasteiger partial charge in [-0.05, 0) is 6.92 Å². The van der Waals surface area contributed by atoms with Crippen molar-refractivity contribution in [3.05, 3.63) is 18.7 Å². The summed E-state index contributed by atoms with van der Waals surface area (Å²) in [5, 5.41) is 14.0. The van der Waals surface area contributed by atoms with Crippen LogP contribution in [0.25, 0.3) is 11.2 Å². The Bertz CT molecular complexity index is 672. The van der Waals surface area contributed by atoms with Crippen molar-refractivity contribution >= 4 is 22.9 Å². The molecule has 0 amide bonds. The summed E-state index contributed by atoms with van der Waals surface area (Å²) in [6.07, 6.45) is 5.08. The number of rotatable bonds is 6. The highest BCUT2D eigenvalue weighted by atomic mass is 15.4. The molecule has 0 atom stereocenters. The van der Waals surface area contributed by atoms with Crippen LogP contribution in [-0.2, 0) is 6.54 Å². The van der Waals surface area contributed by atoms with Crippen LogP contribution in [0, 0.1) is 0 Å². The predicted octanol–water partition coefficient (Wildman–Crippen LogP) is 0.488. The topological polar surface area (TPSA) is 109 Å². The zero-order valence-corrected chi connectivity index (χ0v) is 11.0. The summed E-state index contributed by atoms with van der Waals surface area (Å²) in [4.78, 5) is 15.9. The number of imidazole rings is 1. The van der Waals surface area contributed by atoms with Crippen molar-refractivity contribution in [1.29, 1.82) is 0 Å². The van der Waals surface area contributed by atoms with Crippen molar-refractivity contribution in [1.82, 2.24) is 34.9 Å². The third-order valence-corrected chi connectivity index (χ3v) is 2.73. The van der Waals surface area contributed by atoms with Crippen LogP contribution in [0.15, 0.2) is 18.7 Å². The third-order valence-electron chi connectivity index (χ3n) is 2.73. The van der Waals surface area contributed by atoms with Crippen LogP contribution in [0.4, 0.5) is 11.8 Å². The quantitative estimate of drug-likeness (QED) is 0.599. The largest absolute Gasteiger partial charge is 0.366 e. The molecule has 0 radical (unpaired) electrons. The normalized spacial score (nSPS) is 10.8. The first kappa shape index (κ1) is 12.3. The zero-order chi connectivity index (χ0) is 13.8. The molecule has 0 bridgehead atoms. The molecule has 0 aromatic carbocycles. The lowest BCUT2D eigenvalue weighted by molar-refractivity contribution is 0.608. The van der Waals surface area contributed by atoms with Gasteiger partial charge >= 0.3 is 0 Å². The number of hydrogen-bond donors (Lipinski definition) is 3. The maximum Gasteiger partial charge on any atom is 0.226 e. The summed E-state index contributed by atoms with van der Waals surface area (Å²) in [7, 11) is 0. The molecule has 0 saturated carbocycles. The second kappa shape index (κ2) is 5.51. The van der Waals surface area contributed by atoms with E-state index in [0.717, 1.165) is 17.9 Å². The fraction of sp³-hybridized carbons (Fsp3) is 0.364. The molecule has 9 heteroatoms. The minimum Gasteiger partial charge on any atom is -0.366 e. The van der Waals surface area contributed by atoms with E-state index in [-0.39, 0.29) is 0 Å². The first-order valence-electron chi connectivity index (χ1n) is 6.40. The first-order valence-corrected chi connectivity index (χ1v) is 6.40. The molecule has 9 nitrogen and oxygen atoms in total. The molecule has 0 spiro atoms. The highest BCUT2D eigenvalue weighted by Crippen LogP contribution is 2.18. The summed E-state index contributed by atoms with van der Waals surface area (Å²) in [6.45, 7) is 4.14. The lowest BCUT2D eigenvalue weighted by Crippen LogP contribution is -2.13. The molecule has 0 fully saturated rings. The van der Waals surface area contributed by atoms with Gasteiger partial charge in [-0.25, -0.2) is 4.98 Å². The second-order valence-corrected chi connectivity index (χ2v) is 4.12.